The van der Waals surface area contributed by atoms with Gasteiger partial charge in [0.05, 0.1) is 25.6 Å². The van der Waals surface area contributed by atoms with Crippen molar-refractivity contribution in [2.45, 2.75) is 17.9 Å². The zero-order valence-electron chi connectivity index (χ0n) is 15.2. The van der Waals surface area contributed by atoms with Crippen molar-refractivity contribution in [3.63, 3.8) is 0 Å². The fourth-order valence-corrected chi connectivity index (χ4v) is 5.66. The Bertz CT molecular complexity index is 1160. The fourth-order valence-electron chi connectivity index (χ4n) is 2.99. The Balaban J connectivity index is 1.57. The number of carbonyl (C=O) groups excluding carboxylic acids is 1. The number of carbonyl (C=O) groups is 1. The van der Waals surface area contributed by atoms with Crippen LogP contribution in [0, 0.1) is 5.82 Å². The number of benzene rings is 1. The average molecular weight is 437 g/mol. The summed E-state index contributed by atoms with van der Waals surface area (Å²) in [6, 6.07) is 6.51. The van der Waals surface area contributed by atoms with Crippen LogP contribution in [-0.2, 0) is 23.0 Å². The van der Waals surface area contributed by atoms with Crippen LogP contribution in [0.1, 0.15) is 21.1 Å². The molecule has 1 aliphatic heterocycles. The maximum atomic E-state index is 13.7. The second-order valence-electron chi connectivity index (χ2n) is 6.20. The Morgan fingerprint density at radius 2 is 2.21 bits per heavy atom. The second kappa shape index (κ2) is 7.58. The lowest BCUT2D eigenvalue weighted by molar-refractivity contribution is 0.0996. The van der Waals surface area contributed by atoms with Gasteiger partial charge in [-0.2, -0.15) is 4.31 Å². The quantitative estimate of drug-likeness (QED) is 0.659. The van der Waals surface area contributed by atoms with E-state index in [9.17, 15) is 17.6 Å². The molecule has 0 spiro atoms. The summed E-state index contributed by atoms with van der Waals surface area (Å²) in [4.78, 5) is 17.0. The molecule has 3 aromatic rings. The number of anilines is 1. The van der Waals surface area contributed by atoms with Crippen molar-refractivity contribution in [3.8, 4) is 5.75 Å². The molecule has 1 N–H and O–H groups in total. The van der Waals surface area contributed by atoms with Gasteiger partial charge in [0.1, 0.15) is 16.5 Å². The van der Waals surface area contributed by atoms with Crippen LogP contribution >= 0.6 is 11.3 Å². The predicted molar refractivity (Wildman–Crippen MR) is 103 cm³/mol. The van der Waals surface area contributed by atoms with Gasteiger partial charge in [-0.15, -0.1) is 11.3 Å². The SMILES string of the molecule is COc1ccc(F)cc1S(=O)(=O)N1CCc2nc(NC(=O)c3ccco3)sc2C1. The first-order chi connectivity index (χ1) is 13.9. The lowest BCUT2D eigenvalue weighted by Gasteiger charge is -2.26. The molecule has 4 rings (SSSR count). The highest BCUT2D eigenvalue weighted by atomic mass is 32.2. The first-order valence-electron chi connectivity index (χ1n) is 8.55. The summed E-state index contributed by atoms with van der Waals surface area (Å²) in [7, 11) is -2.64. The molecular weight excluding hydrogens is 421 g/mol. The van der Waals surface area contributed by atoms with E-state index in [0.717, 1.165) is 17.8 Å². The van der Waals surface area contributed by atoms with Crippen LogP contribution in [-0.4, -0.2) is 37.3 Å². The molecule has 3 heterocycles. The molecule has 2 aromatic heterocycles. The molecule has 0 atom stereocenters. The van der Waals surface area contributed by atoms with E-state index in [2.05, 4.69) is 10.3 Å². The van der Waals surface area contributed by atoms with Gasteiger partial charge in [0, 0.05) is 17.8 Å². The lowest BCUT2D eigenvalue weighted by Crippen LogP contribution is -2.35. The van der Waals surface area contributed by atoms with Crippen molar-refractivity contribution >= 4 is 32.4 Å². The van der Waals surface area contributed by atoms with Gasteiger partial charge in [0.2, 0.25) is 10.0 Å². The van der Waals surface area contributed by atoms with E-state index in [1.165, 1.54) is 41.1 Å². The van der Waals surface area contributed by atoms with E-state index >= 15 is 0 Å². The molecule has 0 unspecified atom stereocenters. The third kappa shape index (κ3) is 3.76. The van der Waals surface area contributed by atoms with Crippen LogP contribution in [0.4, 0.5) is 9.52 Å². The van der Waals surface area contributed by atoms with Gasteiger partial charge in [-0.3, -0.25) is 10.1 Å². The van der Waals surface area contributed by atoms with E-state index < -0.39 is 21.7 Å². The number of hydrogen-bond donors (Lipinski definition) is 1. The number of halogens is 1. The number of furan rings is 1. The number of methoxy groups -OCH3 is 1. The Morgan fingerprint density at radius 3 is 2.93 bits per heavy atom. The lowest BCUT2D eigenvalue weighted by atomic mass is 10.2. The van der Waals surface area contributed by atoms with Crippen molar-refractivity contribution in [1.82, 2.24) is 9.29 Å². The van der Waals surface area contributed by atoms with E-state index in [1.54, 1.807) is 6.07 Å². The molecule has 1 aliphatic rings. The van der Waals surface area contributed by atoms with E-state index in [-0.39, 0.29) is 29.5 Å². The Kier molecular flexibility index (Phi) is 5.11. The van der Waals surface area contributed by atoms with Gasteiger partial charge in [0.15, 0.2) is 10.9 Å². The van der Waals surface area contributed by atoms with Crippen LogP contribution in [0.25, 0.3) is 0 Å². The Labute approximate surface area is 170 Å². The molecule has 0 fully saturated rings. The van der Waals surface area contributed by atoms with Crippen LogP contribution in [0.5, 0.6) is 5.75 Å². The van der Waals surface area contributed by atoms with E-state index in [1.807, 2.05) is 0 Å². The zero-order chi connectivity index (χ0) is 20.6. The largest absolute Gasteiger partial charge is 0.495 e. The first kappa shape index (κ1) is 19.6. The highest BCUT2D eigenvalue weighted by Crippen LogP contribution is 2.34. The van der Waals surface area contributed by atoms with E-state index in [0.29, 0.717) is 16.4 Å². The monoisotopic (exact) mass is 437 g/mol. The molecule has 0 aliphatic carbocycles. The Morgan fingerprint density at radius 1 is 1.38 bits per heavy atom. The number of nitrogens with one attached hydrogen (secondary N) is 1. The van der Waals surface area contributed by atoms with Crippen molar-refractivity contribution in [1.29, 1.82) is 0 Å². The first-order valence-corrected chi connectivity index (χ1v) is 10.8. The number of nitrogens with zero attached hydrogens (tertiary/aromatic N) is 2. The van der Waals surface area contributed by atoms with Gasteiger partial charge in [-0.05, 0) is 30.3 Å². The van der Waals surface area contributed by atoms with Crippen molar-refractivity contribution < 1.29 is 26.8 Å². The summed E-state index contributed by atoms with van der Waals surface area (Å²) < 4.78 is 51.2. The molecule has 0 radical (unpaired) electrons. The standard InChI is InChI=1S/C18H16FN3O5S2/c1-26-13-5-4-11(19)9-16(13)29(24,25)22-7-6-12-15(10-22)28-18(20-12)21-17(23)14-3-2-8-27-14/h2-5,8-9H,6-7,10H2,1H3,(H,20,21,23). The van der Waals surface area contributed by atoms with Crippen molar-refractivity contribution in [3.05, 3.63) is 58.7 Å². The number of aromatic nitrogens is 1. The maximum Gasteiger partial charge on any atom is 0.293 e. The number of rotatable bonds is 5. The zero-order valence-corrected chi connectivity index (χ0v) is 16.8. The molecule has 29 heavy (non-hydrogen) atoms. The topological polar surface area (TPSA) is 102 Å². The minimum Gasteiger partial charge on any atom is -0.495 e. The highest BCUT2D eigenvalue weighted by molar-refractivity contribution is 7.89. The van der Waals surface area contributed by atoms with Gasteiger partial charge < -0.3 is 9.15 Å². The maximum absolute atomic E-state index is 13.7. The molecular formula is C18H16FN3O5S2. The minimum atomic E-state index is -3.97. The summed E-state index contributed by atoms with van der Waals surface area (Å²) in [5.74, 6) is -0.869. The number of hydrogen-bond acceptors (Lipinski definition) is 7. The van der Waals surface area contributed by atoms with Gasteiger partial charge in [-0.1, -0.05) is 0 Å². The molecule has 8 nitrogen and oxygen atoms in total. The van der Waals surface area contributed by atoms with Crippen LogP contribution in [0.2, 0.25) is 0 Å². The molecule has 1 amide bonds. The third-order valence-corrected chi connectivity index (χ3v) is 7.27. The Hall–Kier alpha value is -2.76. The summed E-state index contributed by atoms with van der Waals surface area (Å²) in [6.45, 7) is 0.260. The second-order valence-corrected chi connectivity index (χ2v) is 9.19. The molecule has 1 aromatic carbocycles. The number of thiazole rings is 1. The summed E-state index contributed by atoms with van der Waals surface area (Å²) in [5.41, 5.74) is 0.724. The summed E-state index contributed by atoms with van der Waals surface area (Å²) in [6.07, 6.45) is 1.77. The number of ether oxygens (including phenoxy) is 1. The number of fused-ring (bicyclic) bond motifs is 1. The normalized spacial score (nSPS) is 14.4. The molecule has 152 valence electrons. The minimum absolute atomic E-state index is 0.0750. The fraction of sp³-hybridized carbons (Fsp3) is 0.222. The average Bonchev–Trinajstić information content (AvgIpc) is 3.36. The molecule has 0 saturated heterocycles. The number of amides is 1. The van der Waals surface area contributed by atoms with Crippen LogP contribution < -0.4 is 10.1 Å². The summed E-state index contributed by atoms with van der Waals surface area (Å²) in [5, 5.41) is 3.01. The van der Waals surface area contributed by atoms with Crippen LogP contribution in [0.15, 0.2) is 45.9 Å². The van der Waals surface area contributed by atoms with Crippen molar-refractivity contribution in [2.24, 2.45) is 0 Å². The smallest absolute Gasteiger partial charge is 0.293 e. The van der Waals surface area contributed by atoms with Gasteiger partial charge in [-0.25, -0.2) is 17.8 Å². The van der Waals surface area contributed by atoms with Crippen molar-refractivity contribution in [2.75, 3.05) is 19.0 Å². The molecule has 0 saturated carbocycles. The van der Waals surface area contributed by atoms with E-state index in [4.69, 9.17) is 9.15 Å². The molecule has 11 heteroatoms. The highest BCUT2D eigenvalue weighted by Gasteiger charge is 2.33. The summed E-state index contributed by atoms with van der Waals surface area (Å²) >= 11 is 1.19. The third-order valence-electron chi connectivity index (χ3n) is 4.41. The van der Waals surface area contributed by atoms with Crippen LogP contribution in [0.3, 0.4) is 0 Å². The van der Waals surface area contributed by atoms with Gasteiger partial charge >= 0.3 is 0 Å². The predicted octanol–water partition coefficient (Wildman–Crippen LogP) is 2.88. The van der Waals surface area contributed by atoms with Gasteiger partial charge in [0.25, 0.3) is 5.91 Å². The number of sulfonamides is 1. The molecule has 0 bridgehead atoms.